The summed E-state index contributed by atoms with van der Waals surface area (Å²) in [6.07, 6.45) is 2.95. The number of amides is 1. The van der Waals surface area contributed by atoms with Gasteiger partial charge in [-0.05, 0) is 24.3 Å². The molecule has 0 aliphatic heterocycles. The monoisotopic (exact) mass is 295 g/mol. The molecule has 0 saturated heterocycles. The molecule has 2 heterocycles. The Labute approximate surface area is 126 Å². The fourth-order valence-corrected chi connectivity index (χ4v) is 2.13. The maximum atomic E-state index is 12.3. The summed E-state index contributed by atoms with van der Waals surface area (Å²) in [7, 11) is 1.48. The molecule has 3 aromatic rings. The molecule has 2 aromatic heterocycles. The molecule has 0 aliphatic rings. The molecule has 1 aromatic carbocycles. The van der Waals surface area contributed by atoms with E-state index in [1.54, 1.807) is 48.7 Å². The molecule has 0 unspecified atom stereocenters. The number of nitrogens with one attached hydrogen (secondary N) is 1. The molecule has 0 spiro atoms. The van der Waals surface area contributed by atoms with Gasteiger partial charge in [0.05, 0.1) is 18.9 Å². The zero-order valence-electron chi connectivity index (χ0n) is 11.8. The van der Waals surface area contributed by atoms with Gasteiger partial charge < -0.3 is 10.1 Å². The molecule has 1 N–H and O–H groups in total. The molecule has 0 fully saturated rings. The predicted octanol–water partition coefficient (Wildman–Crippen LogP) is 1.96. The summed E-state index contributed by atoms with van der Waals surface area (Å²) in [6.45, 7) is 0. The van der Waals surface area contributed by atoms with E-state index in [4.69, 9.17) is 4.74 Å². The zero-order chi connectivity index (χ0) is 15.5. The van der Waals surface area contributed by atoms with Crippen molar-refractivity contribution in [1.29, 1.82) is 0 Å². The predicted molar refractivity (Wildman–Crippen MR) is 82.4 cm³/mol. The van der Waals surface area contributed by atoms with Gasteiger partial charge >= 0.3 is 0 Å². The minimum atomic E-state index is -0.424. The van der Waals surface area contributed by atoms with Crippen LogP contribution in [0.25, 0.3) is 5.65 Å². The molecular weight excluding hydrogens is 282 g/mol. The van der Waals surface area contributed by atoms with Gasteiger partial charge in [-0.15, -0.1) is 0 Å². The number of carbonyl (C=O) groups excluding carboxylic acids is 1. The molecule has 3 rings (SSSR count). The van der Waals surface area contributed by atoms with E-state index in [2.05, 4.69) is 10.3 Å². The minimum Gasteiger partial charge on any atom is -0.496 e. The number of aromatic nitrogens is 2. The van der Waals surface area contributed by atoms with E-state index < -0.39 is 5.91 Å². The fraction of sp³-hybridized carbons (Fsp3) is 0.0625. The van der Waals surface area contributed by atoms with Crippen molar-refractivity contribution in [3.63, 3.8) is 0 Å². The number of methoxy groups -OCH3 is 1. The van der Waals surface area contributed by atoms with E-state index in [1.807, 2.05) is 0 Å². The number of benzene rings is 1. The molecule has 1 amide bonds. The van der Waals surface area contributed by atoms with Crippen LogP contribution in [0.1, 0.15) is 10.4 Å². The van der Waals surface area contributed by atoms with Crippen molar-refractivity contribution in [1.82, 2.24) is 9.38 Å². The summed E-state index contributed by atoms with van der Waals surface area (Å²) in [5.74, 6) is 0.0149. The lowest BCUT2D eigenvalue weighted by molar-refractivity contribution is 0.102. The highest BCUT2D eigenvalue weighted by Gasteiger charge is 2.14. The molecule has 22 heavy (non-hydrogen) atoms. The molecule has 6 nitrogen and oxygen atoms in total. The minimum absolute atomic E-state index is 0.111. The van der Waals surface area contributed by atoms with E-state index in [9.17, 15) is 9.59 Å². The highest BCUT2D eigenvalue weighted by atomic mass is 16.5. The maximum absolute atomic E-state index is 12.3. The van der Waals surface area contributed by atoms with Gasteiger partial charge in [-0.3, -0.25) is 14.0 Å². The van der Waals surface area contributed by atoms with Crippen LogP contribution in [-0.2, 0) is 0 Å². The number of para-hydroxylation sites is 1. The topological polar surface area (TPSA) is 72.7 Å². The van der Waals surface area contributed by atoms with Gasteiger partial charge in [-0.1, -0.05) is 18.2 Å². The van der Waals surface area contributed by atoms with Crippen LogP contribution in [0.5, 0.6) is 5.75 Å². The van der Waals surface area contributed by atoms with E-state index in [0.717, 1.165) is 0 Å². The number of fused-ring (bicyclic) bond motifs is 1. The fourth-order valence-electron chi connectivity index (χ4n) is 2.13. The van der Waals surface area contributed by atoms with Gasteiger partial charge in [0.2, 0.25) is 0 Å². The van der Waals surface area contributed by atoms with E-state index >= 15 is 0 Å². The summed E-state index contributed by atoms with van der Waals surface area (Å²) < 4.78 is 6.52. The number of hydrogen-bond donors (Lipinski definition) is 1. The van der Waals surface area contributed by atoms with Crippen molar-refractivity contribution in [2.75, 3.05) is 12.4 Å². The second kappa shape index (κ2) is 5.69. The third-order valence-electron chi connectivity index (χ3n) is 3.21. The number of ether oxygens (including phenoxy) is 1. The largest absolute Gasteiger partial charge is 0.496 e. The molecule has 0 radical (unpaired) electrons. The Hall–Kier alpha value is -3.15. The third-order valence-corrected chi connectivity index (χ3v) is 3.21. The van der Waals surface area contributed by atoms with Gasteiger partial charge in [0.1, 0.15) is 17.1 Å². The first-order valence-electron chi connectivity index (χ1n) is 6.61. The maximum Gasteiger partial charge on any atom is 0.281 e. The Morgan fingerprint density at radius 1 is 1.18 bits per heavy atom. The Kier molecular flexibility index (Phi) is 3.57. The molecule has 0 bridgehead atoms. The molecule has 0 atom stereocenters. The average molecular weight is 295 g/mol. The van der Waals surface area contributed by atoms with Crippen LogP contribution >= 0.6 is 0 Å². The van der Waals surface area contributed by atoms with Crippen LogP contribution in [0.3, 0.4) is 0 Å². The van der Waals surface area contributed by atoms with Crippen molar-refractivity contribution in [2.45, 2.75) is 0 Å². The van der Waals surface area contributed by atoms with Crippen molar-refractivity contribution in [3.05, 3.63) is 70.8 Å². The smallest absolute Gasteiger partial charge is 0.281 e. The second-order valence-corrected chi connectivity index (χ2v) is 4.56. The average Bonchev–Trinajstić information content (AvgIpc) is 2.57. The van der Waals surface area contributed by atoms with E-state index in [-0.39, 0.29) is 11.2 Å². The molecular formula is C16H13N3O3. The van der Waals surface area contributed by atoms with Crippen LogP contribution in [0.2, 0.25) is 0 Å². The van der Waals surface area contributed by atoms with Crippen molar-refractivity contribution < 1.29 is 9.53 Å². The van der Waals surface area contributed by atoms with Crippen molar-refractivity contribution in [2.24, 2.45) is 0 Å². The van der Waals surface area contributed by atoms with Crippen LogP contribution in [-0.4, -0.2) is 22.4 Å². The lowest BCUT2D eigenvalue weighted by Crippen LogP contribution is -2.23. The molecule has 6 heteroatoms. The number of pyridine rings is 1. The Morgan fingerprint density at radius 2 is 1.95 bits per heavy atom. The lowest BCUT2D eigenvalue weighted by Gasteiger charge is -2.09. The molecule has 110 valence electrons. The summed E-state index contributed by atoms with van der Waals surface area (Å²) in [5.41, 5.74) is 0.638. The first-order valence-corrected chi connectivity index (χ1v) is 6.61. The van der Waals surface area contributed by atoms with Crippen LogP contribution < -0.4 is 15.6 Å². The summed E-state index contributed by atoms with van der Waals surface area (Å²) in [6, 6.07) is 12.0. The second-order valence-electron chi connectivity index (χ2n) is 4.56. The van der Waals surface area contributed by atoms with Gasteiger partial charge in [0, 0.05) is 6.20 Å². The Balaban J connectivity index is 1.98. The first kappa shape index (κ1) is 13.8. The number of anilines is 1. The summed E-state index contributed by atoms with van der Waals surface area (Å²) >= 11 is 0. The van der Waals surface area contributed by atoms with Crippen LogP contribution in [0.15, 0.2) is 59.7 Å². The molecule has 0 aliphatic carbocycles. The van der Waals surface area contributed by atoms with Crippen molar-refractivity contribution >= 4 is 17.2 Å². The standard InChI is InChI=1S/C16H13N3O3/c1-22-13-7-3-2-6-11(13)15(20)18-12-10-17-14-8-4-5-9-19(14)16(12)21/h2-10H,1H3,(H,18,20). The quantitative estimate of drug-likeness (QED) is 0.801. The summed E-state index contributed by atoms with van der Waals surface area (Å²) in [5, 5.41) is 2.58. The van der Waals surface area contributed by atoms with Gasteiger partial charge in [0.25, 0.3) is 11.5 Å². The first-order chi connectivity index (χ1) is 10.7. The van der Waals surface area contributed by atoms with Gasteiger partial charge in [-0.25, -0.2) is 4.98 Å². The van der Waals surface area contributed by atoms with Gasteiger partial charge in [0.15, 0.2) is 0 Å². The summed E-state index contributed by atoms with van der Waals surface area (Å²) in [4.78, 5) is 28.8. The van der Waals surface area contributed by atoms with Crippen LogP contribution in [0.4, 0.5) is 5.69 Å². The number of rotatable bonds is 3. The Morgan fingerprint density at radius 3 is 2.77 bits per heavy atom. The van der Waals surface area contributed by atoms with E-state index in [0.29, 0.717) is 17.0 Å². The number of nitrogens with zero attached hydrogens (tertiary/aromatic N) is 2. The van der Waals surface area contributed by atoms with Gasteiger partial charge in [-0.2, -0.15) is 0 Å². The third kappa shape index (κ3) is 2.42. The van der Waals surface area contributed by atoms with Crippen molar-refractivity contribution in [3.8, 4) is 5.75 Å². The Bertz CT molecular complexity index is 902. The number of carbonyl (C=O) groups is 1. The molecule has 0 saturated carbocycles. The number of hydrogen-bond acceptors (Lipinski definition) is 4. The lowest BCUT2D eigenvalue weighted by atomic mass is 10.2. The zero-order valence-corrected chi connectivity index (χ0v) is 11.8. The van der Waals surface area contributed by atoms with Crippen LogP contribution in [0, 0.1) is 0 Å². The normalized spacial score (nSPS) is 10.4. The SMILES string of the molecule is COc1ccccc1C(=O)Nc1cnc2ccccn2c1=O. The highest BCUT2D eigenvalue weighted by molar-refractivity contribution is 6.06. The van der Waals surface area contributed by atoms with E-state index in [1.165, 1.54) is 17.7 Å². The highest BCUT2D eigenvalue weighted by Crippen LogP contribution is 2.18.